The average molecular weight is 418 g/mol. The van der Waals surface area contributed by atoms with Crippen LogP contribution in [0.5, 0.6) is 5.75 Å². The number of amides is 1. The summed E-state index contributed by atoms with van der Waals surface area (Å²) in [5.74, 6) is 0.520. The number of aromatic nitrogens is 2. The summed E-state index contributed by atoms with van der Waals surface area (Å²) < 4.78 is 8.44. The van der Waals surface area contributed by atoms with Crippen LogP contribution in [0.25, 0.3) is 5.69 Å². The van der Waals surface area contributed by atoms with Gasteiger partial charge < -0.3 is 10.1 Å². The molecule has 1 aromatic heterocycles. The summed E-state index contributed by atoms with van der Waals surface area (Å²) in [4.78, 5) is 12.6. The Labute approximate surface area is 171 Å². The minimum atomic E-state index is -0.333. The zero-order valence-corrected chi connectivity index (χ0v) is 17.6. The maximum absolute atomic E-state index is 12.6. The maximum Gasteiger partial charge on any atom is 0.237 e. The second-order valence-corrected chi connectivity index (χ2v) is 9.04. The molecule has 8 heteroatoms. The smallest absolute Gasteiger partial charge is 0.237 e. The van der Waals surface area contributed by atoms with E-state index >= 15 is 0 Å². The second kappa shape index (κ2) is 8.69. The maximum atomic E-state index is 12.6. The molecule has 0 bridgehead atoms. The van der Waals surface area contributed by atoms with Crippen LogP contribution in [-0.2, 0) is 4.79 Å². The van der Waals surface area contributed by atoms with E-state index in [-0.39, 0.29) is 11.2 Å². The monoisotopic (exact) mass is 417 g/mol. The Balaban J connectivity index is 1.72. The van der Waals surface area contributed by atoms with E-state index in [0.717, 1.165) is 15.6 Å². The van der Waals surface area contributed by atoms with Gasteiger partial charge in [0.05, 0.1) is 23.7 Å². The first-order valence-electron chi connectivity index (χ1n) is 8.25. The minimum absolute atomic E-state index is 0.115. The number of thioether (sulfide) groups is 1. The van der Waals surface area contributed by atoms with Gasteiger partial charge in [-0.1, -0.05) is 47.4 Å². The van der Waals surface area contributed by atoms with Crippen molar-refractivity contribution in [3.05, 3.63) is 58.0 Å². The Morgan fingerprint density at radius 1 is 1.30 bits per heavy atom. The average Bonchev–Trinajstić information content (AvgIpc) is 3.02. The zero-order chi connectivity index (χ0) is 19.4. The predicted octanol–water partition coefficient (Wildman–Crippen LogP) is 5.10. The molecular weight excluding hydrogens is 398 g/mol. The first-order valence-corrected chi connectivity index (χ1v) is 10.4. The van der Waals surface area contributed by atoms with Gasteiger partial charge in [-0.05, 0) is 55.9 Å². The number of ether oxygens (including phenoxy) is 1. The molecule has 3 aromatic rings. The highest BCUT2D eigenvalue weighted by molar-refractivity contribution is 8.02. The first-order chi connectivity index (χ1) is 13.0. The van der Waals surface area contributed by atoms with E-state index in [0.29, 0.717) is 15.4 Å². The van der Waals surface area contributed by atoms with Crippen LogP contribution >= 0.6 is 35.3 Å². The number of anilines is 1. The summed E-state index contributed by atoms with van der Waals surface area (Å²) in [5.41, 5.74) is 2.62. The fourth-order valence-corrected chi connectivity index (χ4v) is 4.90. The third kappa shape index (κ3) is 4.77. The van der Waals surface area contributed by atoms with E-state index in [4.69, 9.17) is 17.0 Å². The first kappa shape index (κ1) is 19.6. The number of benzene rings is 2. The summed E-state index contributed by atoms with van der Waals surface area (Å²) in [5, 5.41) is 7.15. The Morgan fingerprint density at radius 3 is 2.74 bits per heavy atom. The summed E-state index contributed by atoms with van der Waals surface area (Å²) in [6, 6.07) is 15.4. The van der Waals surface area contributed by atoms with Crippen LogP contribution in [0.3, 0.4) is 0 Å². The molecule has 1 atom stereocenters. The molecule has 0 aliphatic carbocycles. The van der Waals surface area contributed by atoms with Crippen molar-refractivity contribution >= 4 is 46.9 Å². The van der Waals surface area contributed by atoms with Gasteiger partial charge in [-0.3, -0.25) is 4.79 Å². The molecule has 0 fully saturated rings. The van der Waals surface area contributed by atoms with Crippen LogP contribution < -0.4 is 10.1 Å². The SMILES string of the molecule is COc1ccc(C)cc1NC(=O)[C@H](C)Sc1nn(-c2ccccc2)c(=S)s1. The summed E-state index contributed by atoms with van der Waals surface area (Å²) in [7, 11) is 1.58. The molecule has 0 spiro atoms. The van der Waals surface area contributed by atoms with Crippen molar-refractivity contribution in [3.8, 4) is 11.4 Å². The van der Waals surface area contributed by atoms with Crippen LogP contribution in [0.1, 0.15) is 12.5 Å². The largest absolute Gasteiger partial charge is 0.495 e. The van der Waals surface area contributed by atoms with Crippen LogP contribution in [0.15, 0.2) is 52.9 Å². The van der Waals surface area contributed by atoms with Gasteiger partial charge >= 0.3 is 0 Å². The van der Waals surface area contributed by atoms with E-state index in [1.54, 1.807) is 11.8 Å². The number of hydrogen-bond donors (Lipinski definition) is 1. The Kier molecular flexibility index (Phi) is 6.30. The van der Waals surface area contributed by atoms with Crippen molar-refractivity contribution in [2.45, 2.75) is 23.4 Å². The molecule has 3 rings (SSSR count). The fourth-order valence-electron chi connectivity index (χ4n) is 2.40. The molecule has 0 saturated carbocycles. The number of para-hydroxylation sites is 1. The molecule has 0 aliphatic rings. The van der Waals surface area contributed by atoms with Crippen molar-refractivity contribution < 1.29 is 9.53 Å². The van der Waals surface area contributed by atoms with E-state index in [1.807, 2.05) is 62.4 Å². The lowest BCUT2D eigenvalue weighted by Crippen LogP contribution is -2.22. The second-order valence-electron chi connectivity index (χ2n) is 5.83. The molecule has 0 radical (unpaired) electrons. The molecule has 5 nitrogen and oxygen atoms in total. The fraction of sp³-hybridized carbons (Fsp3) is 0.211. The van der Waals surface area contributed by atoms with Crippen LogP contribution in [0, 0.1) is 10.9 Å². The van der Waals surface area contributed by atoms with Gasteiger partial charge in [0, 0.05) is 0 Å². The number of aryl methyl sites for hydroxylation is 1. The van der Waals surface area contributed by atoms with E-state index < -0.39 is 0 Å². The van der Waals surface area contributed by atoms with Crippen molar-refractivity contribution in [1.82, 2.24) is 9.78 Å². The highest BCUT2D eigenvalue weighted by atomic mass is 32.2. The number of hydrogen-bond acceptors (Lipinski definition) is 6. The minimum Gasteiger partial charge on any atom is -0.495 e. The Hall–Kier alpha value is -2.16. The molecule has 1 heterocycles. The highest BCUT2D eigenvalue weighted by Gasteiger charge is 2.19. The quantitative estimate of drug-likeness (QED) is 0.447. The van der Waals surface area contributed by atoms with E-state index in [9.17, 15) is 4.79 Å². The molecule has 0 saturated heterocycles. The third-order valence-corrected chi connectivity index (χ3v) is 6.21. The predicted molar refractivity (Wildman–Crippen MR) is 114 cm³/mol. The highest BCUT2D eigenvalue weighted by Crippen LogP contribution is 2.30. The number of carbonyl (C=O) groups is 1. The number of methoxy groups -OCH3 is 1. The number of nitrogens with one attached hydrogen (secondary N) is 1. The third-order valence-electron chi connectivity index (χ3n) is 3.79. The molecule has 27 heavy (non-hydrogen) atoms. The van der Waals surface area contributed by atoms with E-state index in [2.05, 4.69) is 10.4 Å². The Morgan fingerprint density at radius 2 is 2.04 bits per heavy atom. The molecule has 0 aliphatic heterocycles. The number of rotatable bonds is 6. The molecule has 1 N–H and O–H groups in total. The van der Waals surface area contributed by atoms with Gasteiger partial charge in [-0.25, -0.2) is 4.68 Å². The number of carbonyl (C=O) groups excluding carboxylic acids is 1. The zero-order valence-electron chi connectivity index (χ0n) is 15.1. The van der Waals surface area contributed by atoms with Crippen LogP contribution in [0.4, 0.5) is 5.69 Å². The molecule has 140 valence electrons. The van der Waals surface area contributed by atoms with Crippen molar-refractivity contribution in [1.29, 1.82) is 0 Å². The lowest BCUT2D eigenvalue weighted by Gasteiger charge is -2.13. The van der Waals surface area contributed by atoms with Gasteiger partial charge in [0.1, 0.15) is 5.75 Å². The van der Waals surface area contributed by atoms with Gasteiger partial charge in [-0.15, -0.1) is 5.10 Å². The standard InChI is InChI=1S/C19H19N3O2S3/c1-12-9-10-16(24-3)15(11-12)20-17(23)13(2)26-18-21-22(19(25)27-18)14-7-5-4-6-8-14/h4-11,13H,1-3H3,(H,20,23)/t13-/m0/s1. The topological polar surface area (TPSA) is 56.1 Å². The summed E-state index contributed by atoms with van der Waals surface area (Å²) in [6.07, 6.45) is 0. The van der Waals surface area contributed by atoms with Gasteiger partial charge in [-0.2, -0.15) is 0 Å². The van der Waals surface area contributed by atoms with Gasteiger partial charge in [0.25, 0.3) is 0 Å². The van der Waals surface area contributed by atoms with Gasteiger partial charge in [0.2, 0.25) is 5.91 Å². The molecule has 0 unspecified atom stereocenters. The normalized spacial score (nSPS) is 11.8. The number of nitrogens with zero attached hydrogens (tertiary/aromatic N) is 2. The lowest BCUT2D eigenvalue weighted by molar-refractivity contribution is -0.115. The van der Waals surface area contributed by atoms with Crippen LogP contribution in [-0.4, -0.2) is 28.0 Å². The van der Waals surface area contributed by atoms with Crippen LogP contribution in [0.2, 0.25) is 0 Å². The van der Waals surface area contributed by atoms with Gasteiger partial charge in [0.15, 0.2) is 8.29 Å². The van der Waals surface area contributed by atoms with Crippen molar-refractivity contribution in [2.24, 2.45) is 0 Å². The van der Waals surface area contributed by atoms with Crippen molar-refractivity contribution in [3.63, 3.8) is 0 Å². The molecule has 2 aromatic carbocycles. The molecular formula is C19H19N3O2S3. The molecule has 1 amide bonds. The lowest BCUT2D eigenvalue weighted by atomic mass is 10.2. The van der Waals surface area contributed by atoms with E-state index in [1.165, 1.54) is 23.1 Å². The summed E-state index contributed by atoms with van der Waals surface area (Å²) >= 11 is 8.20. The Bertz CT molecular complexity index is 999. The van der Waals surface area contributed by atoms with Crippen molar-refractivity contribution in [2.75, 3.05) is 12.4 Å². The summed E-state index contributed by atoms with van der Waals surface area (Å²) in [6.45, 7) is 3.82.